The molecule has 0 bridgehead atoms. The smallest absolute Gasteiger partial charge is 0.266 e. The van der Waals surface area contributed by atoms with Crippen molar-refractivity contribution in [2.24, 2.45) is 0 Å². The maximum absolute atomic E-state index is 12.1. The van der Waals surface area contributed by atoms with Gasteiger partial charge in [-0.15, -0.1) is 0 Å². The van der Waals surface area contributed by atoms with E-state index >= 15 is 0 Å². The number of rotatable bonds is 4. The van der Waals surface area contributed by atoms with Crippen LogP contribution < -0.4 is 10.2 Å². The third-order valence-electron chi connectivity index (χ3n) is 3.25. The van der Waals surface area contributed by atoms with Gasteiger partial charge in [-0.3, -0.25) is 9.59 Å². The molecule has 1 aromatic carbocycles. The highest BCUT2D eigenvalue weighted by Crippen LogP contribution is 2.21. The number of amides is 2. The second kappa shape index (κ2) is 5.50. The van der Waals surface area contributed by atoms with Crippen LogP contribution >= 0.6 is 0 Å². The van der Waals surface area contributed by atoms with E-state index in [1.54, 1.807) is 14.1 Å². The molecule has 1 saturated heterocycles. The maximum Gasteiger partial charge on any atom is 0.266 e. The lowest BCUT2D eigenvalue weighted by Gasteiger charge is -2.22. The summed E-state index contributed by atoms with van der Waals surface area (Å²) in [6, 6.07) is 7.26. The molecule has 0 spiro atoms. The Balaban J connectivity index is 2.07. The highest BCUT2D eigenvalue weighted by Gasteiger charge is 2.39. The van der Waals surface area contributed by atoms with E-state index in [0.29, 0.717) is 0 Å². The Hall–Kier alpha value is -2.08. The fourth-order valence-corrected chi connectivity index (χ4v) is 2.21. The van der Waals surface area contributed by atoms with Crippen LogP contribution in [0, 0.1) is 0 Å². The van der Waals surface area contributed by atoms with E-state index < -0.39 is 6.04 Å². The van der Waals surface area contributed by atoms with Gasteiger partial charge in [0.2, 0.25) is 5.91 Å². The molecule has 0 unspecified atom stereocenters. The fourth-order valence-electron chi connectivity index (χ4n) is 2.21. The summed E-state index contributed by atoms with van der Waals surface area (Å²) >= 11 is 0. The predicted octanol–water partition coefficient (Wildman–Crippen LogP) is 0.769. The second-order valence-corrected chi connectivity index (χ2v) is 5.23. The number of hydrogen-bond acceptors (Lipinski definition) is 5. The Morgan fingerprint density at radius 2 is 1.70 bits per heavy atom. The average molecular weight is 276 g/mol. The summed E-state index contributed by atoms with van der Waals surface area (Å²) in [6.45, 7) is 0. The molecule has 1 heterocycles. The van der Waals surface area contributed by atoms with Crippen LogP contribution in [0.1, 0.15) is 6.42 Å². The lowest BCUT2D eigenvalue weighted by atomic mass is 10.2. The van der Waals surface area contributed by atoms with Gasteiger partial charge >= 0.3 is 0 Å². The van der Waals surface area contributed by atoms with Crippen LogP contribution in [-0.4, -0.2) is 56.1 Å². The van der Waals surface area contributed by atoms with Crippen LogP contribution in [0.2, 0.25) is 0 Å². The summed E-state index contributed by atoms with van der Waals surface area (Å²) in [5.74, 6) is -0.390. The molecule has 1 N–H and O–H groups in total. The molecule has 0 aromatic heterocycles. The van der Waals surface area contributed by atoms with Crippen molar-refractivity contribution in [3.63, 3.8) is 0 Å². The number of hydrazine groups is 1. The Bertz CT molecular complexity index is 510. The quantitative estimate of drug-likeness (QED) is 0.823. The molecule has 6 nitrogen and oxygen atoms in total. The van der Waals surface area contributed by atoms with Crippen LogP contribution in [-0.2, 0) is 9.59 Å². The van der Waals surface area contributed by atoms with Gasteiger partial charge < -0.3 is 10.2 Å². The molecule has 108 valence electrons. The highest BCUT2D eigenvalue weighted by molar-refractivity contribution is 6.06. The van der Waals surface area contributed by atoms with Crippen LogP contribution in [0.4, 0.5) is 11.4 Å². The van der Waals surface area contributed by atoms with E-state index in [4.69, 9.17) is 0 Å². The lowest BCUT2D eigenvalue weighted by molar-refractivity contribution is -0.152. The van der Waals surface area contributed by atoms with Crippen LogP contribution in [0.15, 0.2) is 24.3 Å². The third kappa shape index (κ3) is 2.75. The fraction of sp³-hybridized carbons (Fsp3) is 0.429. The van der Waals surface area contributed by atoms with E-state index in [1.165, 1.54) is 10.0 Å². The monoisotopic (exact) mass is 276 g/mol. The Morgan fingerprint density at radius 1 is 1.10 bits per heavy atom. The first-order valence-electron chi connectivity index (χ1n) is 6.48. The summed E-state index contributed by atoms with van der Waals surface area (Å²) < 4.78 is 0. The minimum absolute atomic E-state index is 0.178. The number of imide groups is 1. The number of anilines is 2. The molecule has 20 heavy (non-hydrogen) atoms. The zero-order valence-electron chi connectivity index (χ0n) is 12.3. The SMILES string of the molecule is CN(C)c1ccc(N[C@H]2CC(=O)N(N(C)C)C2=O)cc1. The van der Waals surface area contributed by atoms with Crippen LogP contribution in [0.5, 0.6) is 0 Å². The van der Waals surface area contributed by atoms with Gasteiger partial charge in [0, 0.05) is 39.6 Å². The normalized spacial score (nSPS) is 18.9. The number of nitrogens with one attached hydrogen (secondary N) is 1. The van der Waals surface area contributed by atoms with Gasteiger partial charge in [0.05, 0.1) is 6.42 Å². The molecule has 1 atom stereocenters. The second-order valence-electron chi connectivity index (χ2n) is 5.23. The van der Waals surface area contributed by atoms with Crippen molar-refractivity contribution in [2.75, 3.05) is 38.4 Å². The molecule has 0 saturated carbocycles. The average Bonchev–Trinajstić information content (AvgIpc) is 2.65. The van der Waals surface area contributed by atoms with Gasteiger partial charge in [0.1, 0.15) is 6.04 Å². The first-order chi connectivity index (χ1) is 9.40. The maximum atomic E-state index is 12.1. The molecule has 1 aliphatic heterocycles. The molecule has 0 aliphatic carbocycles. The van der Waals surface area contributed by atoms with Gasteiger partial charge in [0.25, 0.3) is 5.91 Å². The van der Waals surface area contributed by atoms with Gasteiger partial charge in [0.15, 0.2) is 0 Å². The van der Waals surface area contributed by atoms with Gasteiger partial charge in [-0.25, -0.2) is 10.0 Å². The number of hydrogen-bond donors (Lipinski definition) is 1. The van der Waals surface area contributed by atoms with Crippen molar-refractivity contribution in [2.45, 2.75) is 12.5 Å². The molecule has 2 amide bonds. The van der Waals surface area contributed by atoms with Gasteiger partial charge in [-0.2, -0.15) is 0 Å². The van der Waals surface area contributed by atoms with Crippen molar-refractivity contribution in [3.8, 4) is 0 Å². The first kappa shape index (κ1) is 14.3. The molecule has 1 fully saturated rings. The molecule has 1 aromatic rings. The van der Waals surface area contributed by atoms with Crippen molar-refractivity contribution in [1.29, 1.82) is 0 Å². The first-order valence-corrected chi connectivity index (χ1v) is 6.48. The number of nitrogens with zero attached hydrogens (tertiary/aromatic N) is 3. The van der Waals surface area contributed by atoms with Crippen molar-refractivity contribution >= 4 is 23.2 Å². The van der Waals surface area contributed by atoms with E-state index in [1.807, 2.05) is 43.3 Å². The Labute approximate surface area is 118 Å². The number of carbonyl (C=O) groups excluding carboxylic acids is 2. The highest BCUT2D eigenvalue weighted by atomic mass is 16.2. The lowest BCUT2D eigenvalue weighted by Crippen LogP contribution is -2.43. The molecule has 1 aliphatic rings. The van der Waals surface area contributed by atoms with Crippen molar-refractivity contribution in [1.82, 2.24) is 10.0 Å². The van der Waals surface area contributed by atoms with E-state index in [2.05, 4.69) is 5.32 Å². The topological polar surface area (TPSA) is 55.9 Å². The predicted molar refractivity (Wildman–Crippen MR) is 78.3 cm³/mol. The van der Waals surface area contributed by atoms with E-state index in [9.17, 15) is 9.59 Å². The van der Waals surface area contributed by atoms with Gasteiger partial charge in [-0.05, 0) is 24.3 Å². The zero-order valence-corrected chi connectivity index (χ0v) is 12.3. The summed E-state index contributed by atoms with van der Waals surface area (Å²) in [4.78, 5) is 25.9. The van der Waals surface area contributed by atoms with Gasteiger partial charge in [-0.1, -0.05) is 0 Å². The number of benzene rings is 1. The molecular weight excluding hydrogens is 256 g/mol. The summed E-state index contributed by atoms with van der Waals surface area (Å²) in [5, 5.41) is 5.80. The van der Waals surface area contributed by atoms with Crippen LogP contribution in [0.25, 0.3) is 0 Å². The van der Waals surface area contributed by atoms with E-state index in [-0.39, 0.29) is 18.2 Å². The third-order valence-corrected chi connectivity index (χ3v) is 3.25. The van der Waals surface area contributed by atoms with Crippen LogP contribution in [0.3, 0.4) is 0 Å². The van der Waals surface area contributed by atoms with E-state index in [0.717, 1.165) is 11.4 Å². The number of carbonyl (C=O) groups is 2. The minimum atomic E-state index is -0.491. The molecule has 6 heteroatoms. The summed E-state index contributed by atoms with van der Waals surface area (Å²) in [6.07, 6.45) is 0.187. The Kier molecular flexibility index (Phi) is 3.94. The van der Waals surface area contributed by atoms with Crippen molar-refractivity contribution < 1.29 is 9.59 Å². The minimum Gasteiger partial charge on any atom is -0.378 e. The molecule has 2 rings (SSSR count). The summed E-state index contributed by atoms with van der Waals surface area (Å²) in [7, 11) is 7.31. The molecule has 0 radical (unpaired) electrons. The zero-order chi connectivity index (χ0) is 14.9. The van der Waals surface area contributed by atoms with Crippen molar-refractivity contribution in [3.05, 3.63) is 24.3 Å². The standard InChI is InChI=1S/C14H20N4O2/c1-16(2)11-7-5-10(6-8-11)15-12-9-13(19)18(14(12)20)17(3)4/h5-8,12,15H,9H2,1-4H3/t12-/m0/s1. The molecular formula is C14H20N4O2. The summed E-state index contributed by atoms with van der Waals surface area (Å²) in [5.41, 5.74) is 1.92. The largest absolute Gasteiger partial charge is 0.378 e. The Morgan fingerprint density at radius 3 is 2.15 bits per heavy atom.